The van der Waals surface area contributed by atoms with E-state index in [2.05, 4.69) is 0 Å². The summed E-state index contributed by atoms with van der Waals surface area (Å²) in [5.74, 6) is 2.34. The minimum atomic E-state index is 0.117. The number of hydrogen-bond acceptors (Lipinski definition) is 4. The first-order valence-electron chi connectivity index (χ1n) is 8.80. The van der Waals surface area contributed by atoms with E-state index < -0.39 is 0 Å². The van der Waals surface area contributed by atoms with Gasteiger partial charge in [-0.05, 0) is 36.6 Å². The number of nitrogens with zero attached hydrogens (tertiary/aromatic N) is 1. The number of carbonyl (C=O) groups is 1. The van der Waals surface area contributed by atoms with Crippen molar-refractivity contribution in [2.45, 2.75) is 25.3 Å². The van der Waals surface area contributed by atoms with Crippen LogP contribution in [0.1, 0.15) is 30.0 Å². The van der Waals surface area contributed by atoms with Gasteiger partial charge < -0.3 is 19.1 Å². The molecule has 1 fully saturated rings. The monoisotopic (exact) mass is 355 g/mol. The van der Waals surface area contributed by atoms with Crippen molar-refractivity contribution in [2.24, 2.45) is 0 Å². The molecule has 0 bridgehead atoms. The molecule has 1 heterocycles. The molecule has 1 saturated heterocycles. The highest BCUT2D eigenvalue weighted by Gasteiger charge is 2.30. The molecule has 0 saturated carbocycles. The van der Waals surface area contributed by atoms with E-state index >= 15 is 0 Å². The fourth-order valence-electron chi connectivity index (χ4n) is 3.50. The highest BCUT2D eigenvalue weighted by Crippen LogP contribution is 2.34. The molecule has 1 amide bonds. The van der Waals surface area contributed by atoms with Crippen molar-refractivity contribution in [1.82, 2.24) is 4.90 Å². The van der Waals surface area contributed by atoms with Gasteiger partial charge in [-0.25, -0.2) is 0 Å². The number of rotatable bonds is 6. The van der Waals surface area contributed by atoms with Gasteiger partial charge in [-0.2, -0.15) is 0 Å². The van der Waals surface area contributed by atoms with Crippen molar-refractivity contribution >= 4 is 5.91 Å². The maximum absolute atomic E-state index is 13.0. The smallest absolute Gasteiger partial charge is 0.227 e. The lowest BCUT2D eigenvalue weighted by molar-refractivity contribution is -0.131. The van der Waals surface area contributed by atoms with E-state index in [9.17, 15) is 4.79 Å². The van der Waals surface area contributed by atoms with Crippen LogP contribution in [0.5, 0.6) is 17.2 Å². The molecule has 1 unspecified atom stereocenters. The number of amides is 1. The SMILES string of the molecule is COc1ccc(C2CCCN2C(=O)Cc2ccc(OC)cc2OC)cc1. The number of carbonyl (C=O) groups excluding carboxylic acids is 1. The van der Waals surface area contributed by atoms with E-state index in [1.807, 2.05) is 47.4 Å². The summed E-state index contributed by atoms with van der Waals surface area (Å²) in [5, 5.41) is 0. The molecule has 5 nitrogen and oxygen atoms in total. The maximum atomic E-state index is 13.0. The second-order valence-corrected chi connectivity index (χ2v) is 6.37. The minimum absolute atomic E-state index is 0.117. The Morgan fingerprint density at radius 1 is 1.00 bits per heavy atom. The third-order valence-corrected chi connectivity index (χ3v) is 4.91. The lowest BCUT2D eigenvalue weighted by Gasteiger charge is -2.25. The second-order valence-electron chi connectivity index (χ2n) is 6.37. The van der Waals surface area contributed by atoms with Crippen LogP contribution >= 0.6 is 0 Å². The van der Waals surface area contributed by atoms with Crippen LogP contribution in [0.25, 0.3) is 0 Å². The first-order valence-corrected chi connectivity index (χ1v) is 8.80. The normalized spacial score (nSPS) is 16.4. The largest absolute Gasteiger partial charge is 0.497 e. The quantitative estimate of drug-likeness (QED) is 0.794. The molecule has 3 rings (SSSR count). The number of hydrogen-bond donors (Lipinski definition) is 0. The molecule has 0 N–H and O–H groups in total. The van der Waals surface area contributed by atoms with Crippen LogP contribution in [0.15, 0.2) is 42.5 Å². The van der Waals surface area contributed by atoms with Crippen LogP contribution in [-0.2, 0) is 11.2 Å². The Kier molecular flexibility index (Phi) is 5.66. The van der Waals surface area contributed by atoms with Gasteiger partial charge in [0.25, 0.3) is 0 Å². The zero-order valence-corrected chi connectivity index (χ0v) is 15.5. The Hall–Kier alpha value is -2.69. The third kappa shape index (κ3) is 3.77. The molecule has 1 atom stereocenters. The van der Waals surface area contributed by atoms with Crippen molar-refractivity contribution in [3.8, 4) is 17.2 Å². The third-order valence-electron chi connectivity index (χ3n) is 4.91. The molecule has 0 spiro atoms. The van der Waals surface area contributed by atoms with Crippen LogP contribution in [-0.4, -0.2) is 38.7 Å². The van der Waals surface area contributed by atoms with Gasteiger partial charge in [-0.15, -0.1) is 0 Å². The highest BCUT2D eigenvalue weighted by molar-refractivity contribution is 5.80. The zero-order valence-electron chi connectivity index (χ0n) is 15.5. The van der Waals surface area contributed by atoms with Gasteiger partial charge >= 0.3 is 0 Å². The summed E-state index contributed by atoms with van der Waals surface area (Å²) in [7, 11) is 4.88. The van der Waals surface area contributed by atoms with Crippen LogP contribution in [0, 0.1) is 0 Å². The number of benzene rings is 2. The summed E-state index contributed by atoms with van der Waals surface area (Å²) in [6.45, 7) is 0.786. The van der Waals surface area contributed by atoms with E-state index in [1.54, 1.807) is 21.3 Å². The summed E-state index contributed by atoms with van der Waals surface area (Å²) in [6, 6.07) is 13.7. The molecule has 0 aromatic heterocycles. The number of ether oxygens (including phenoxy) is 3. The average molecular weight is 355 g/mol. The van der Waals surface area contributed by atoms with Crippen molar-refractivity contribution in [3.05, 3.63) is 53.6 Å². The van der Waals surface area contributed by atoms with Gasteiger partial charge in [-0.1, -0.05) is 18.2 Å². The Bertz CT molecular complexity index is 757. The molecule has 138 valence electrons. The number of methoxy groups -OCH3 is 3. The molecule has 0 aliphatic carbocycles. The summed E-state index contributed by atoms with van der Waals surface area (Å²) in [6.07, 6.45) is 2.32. The Morgan fingerprint density at radius 3 is 2.35 bits per heavy atom. The van der Waals surface area contributed by atoms with Crippen molar-refractivity contribution in [1.29, 1.82) is 0 Å². The predicted octanol–water partition coefficient (Wildman–Crippen LogP) is 3.62. The topological polar surface area (TPSA) is 48.0 Å². The standard InChI is InChI=1S/C21H25NO4/c1-24-17-9-6-15(7-10-17)19-5-4-12-22(19)21(23)13-16-8-11-18(25-2)14-20(16)26-3/h6-11,14,19H,4-5,12-13H2,1-3H3. The van der Waals surface area contributed by atoms with E-state index in [-0.39, 0.29) is 11.9 Å². The van der Waals surface area contributed by atoms with Crippen molar-refractivity contribution in [2.75, 3.05) is 27.9 Å². The van der Waals surface area contributed by atoms with Gasteiger partial charge in [0.1, 0.15) is 17.2 Å². The summed E-state index contributed by atoms with van der Waals surface area (Å²) in [5.41, 5.74) is 2.03. The summed E-state index contributed by atoms with van der Waals surface area (Å²) in [4.78, 5) is 14.9. The van der Waals surface area contributed by atoms with Gasteiger partial charge in [0, 0.05) is 18.2 Å². The molecule has 1 aliphatic rings. The molecule has 1 aliphatic heterocycles. The van der Waals surface area contributed by atoms with Gasteiger partial charge in [0.05, 0.1) is 33.8 Å². The van der Waals surface area contributed by atoms with Crippen LogP contribution in [0.3, 0.4) is 0 Å². The molecular formula is C21H25NO4. The van der Waals surface area contributed by atoms with Crippen LogP contribution in [0.2, 0.25) is 0 Å². The Labute approximate surface area is 154 Å². The average Bonchev–Trinajstić information content (AvgIpc) is 3.18. The van der Waals surface area contributed by atoms with E-state index in [0.717, 1.165) is 42.0 Å². The molecule has 2 aromatic carbocycles. The maximum Gasteiger partial charge on any atom is 0.227 e. The van der Waals surface area contributed by atoms with E-state index in [0.29, 0.717) is 12.2 Å². The fraction of sp³-hybridized carbons (Fsp3) is 0.381. The van der Waals surface area contributed by atoms with E-state index in [4.69, 9.17) is 14.2 Å². The Morgan fingerprint density at radius 2 is 1.69 bits per heavy atom. The molecule has 5 heteroatoms. The summed E-state index contributed by atoms with van der Waals surface area (Å²) < 4.78 is 15.9. The molecule has 26 heavy (non-hydrogen) atoms. The van der Waals surface area contributed by atoms with Crippen molar-refractivity contribution in [3.63, 3.8) is 0 Å². The summed E-state index contributed by atoms with van der Waals surface area (Å²) >= 11 is 0. The molecule has 0 radical (unpaired) electrons. The zero-order chi connectivity index (χ0) is 18.5. The van der Waals surface area contributed by atoms with Gasteiger partial charge in [-0.3, -0.25) is 4.79 Å². The highest BCUT2D eigenvalue weighted by atomic mass is 16.5. The second kappa shape index (κ2) is 8.13. The van der Waals surface area contributed by atoms with E-state index in [1.165, 1.54) is 0 Å². The lowest BCUT2D eigenvalue weighted by Crippen LogP contribution is -2.31. The van der Waals surface area contributed by atoms with Crippen LogP contribution in [0.4, 0.5) is 0 Å². The Balaban J connectivity index is 1.76. The fourth-order valence-corrected chi connectivity index (χ4v) is 3.50. The lowest BCUT2D eigenvalue weighted by atomic mass is 10.0. The molecule has 2 aromatic rings. The first kappa shape index (κ1) is 18.1. The predicted molar refractivity (Wildman–Crippen MR) is 99.9 cm³/mol. The van der Waals surface area contributed by atoms with Gasteiger partial charge in [0.15, 0.2) is 0 Å². The first-order chi connectivity index (χ1) is 12.7. The molecular weight excluding hydrogens is 330 g/mol. The van der Waals surface area contributed by atoms with Crippen molar-refractivity contribution < 1.29 is 19.0 Å². The van der Waals surface area contributed by atoms with Crippen LogP contribution < -0.4 is 14.2 Å². The number of likely N-dealkylation sites (tertiary alicyclic amines) is 1. The minimum Gasteiger partial charge on any atom is -0.497 e. The van der Waals surface area contributed by atoms with Gasteiger partial charge in [0.2, 0.25) is 5.91 Å².